The zero-order valence-electron chi connectivity index (χ0n) is 9.29. The first kappa shape index (κ1) is 10.7. The van der Waals surface area contributed by atoms with Crippen LogP contribution in [-0.2, 0) is 5.67 Å². The van der Waals surface area contributed by atoms with Crippen molar-refractivity contribution in [3.8, 4) is 11.1 Å². The summed E-state index contributed by atoms with van der Waals surface area (Å²) < 4.78 is 13.8. The molecule has 0 saturated heterocycles. The zero-order valence-corrected chi connectivity index (χ0v) is 9.29. The van der Waals surface area contributed by atoms with Gasteiger partial charge in [-0.25, -0.2) is 4.39 Å². The molecule has 0 unspecified atom stereocenters. The van der Waals surface area contributed by atoms with Crippen molar-refractivity contribution >= 4 is 5.82 Å². The van der Waals surface area contributed by atoms with E-state index in [9.17, 15) is 4.39 Å². The molecular formula is C12H14FN3. The SMILES string of the molecule is CC(C)(F)c1cccc(-c2cn[nH]c2N)c1. The number of H-pyrrole nitrogens is 1. The minimum atomic E-state index is -1.35. The quantitative estimate of drug-likeness (QED) is 0.816. The molecule has 0 radical (unpaired) electrons. The van der Waals surface area contributed by atoms with Crippen LogP contribution in [0.5, 0.6) is 0 Å². The van der Waals surface area contributed by atoms with Gasteiger partial charge in [0.05, 0.1) is 6.20 Å². The van der Waals surface area contributed by atoms with Gasteiger partial charge in [-0.2, -0.15) is 5.10 Å². The number of nitrogens with one attached hydrogen (secondary N) is 1. The Bertz CT molecular complexity index is 497. The van der Waals surface area contributed by atoms with Crippen molar-refractivity contribution in [1.29, 1.82) is 0 Å². The molecule has 0 saturated carbocycles. The lowest BCUT2D eigenvalue weighted by atomic mass is 9.96. The topological polar surface area (TPSA) is 54.7 Å². The number of benzene rings is 1. The number of hydrogen-bond donors (Lipinski definition) is 2. The molecule has 1 heterocycles. The van der Waals surface area contributed by atoms with Gasteiger partial charge in [0.1, 0.15) is 11.5 Å². The van der Waals surface area contributed by atoms with Gasteiger partial charge in [0.15, 0.2) is 0 Å². The summed E-state index contributed by atoms with van der Waals surface area (Å²) in [6.07, 6.45) is 1.64. The molecule has 3 N–H and O–H groups in total. The largest absolute Gasteiger partial charge is 0.384 e. The Balaban J connectivity index is 2.49. The van der Waals surface area contributed by atoms with E-state index in [-0.39, 0.29) is 0 Å². The Morgan fingerprint density at radius 2 is 2.12 bits per heavy atom. The van der Waals surface area contributed by atoms with Crippen LogP contribution >= 0.6 is 0 Å². The summed E-state index contributed by atoms with van der Waals surface area (Å²) in [5, 5.41) is 6.51. The van der Waals surface area contributed by atoms with Crippen molar-refractivity contribution in [1.82, 2.24) is 10.2 Å². The molecule has 3 nitrogen and oxygen atoms in total. The second-order valence-electron chi connectivity index (χ2n) is 4.25. The second-order valence-corrected chi connectivity index (χ2v) is 4.25. The predicted molar refractivity (Wildman–Crippen MR) is 62.6 cm³/mol. The summed E-state index contributed by atoms with van der Waals surface area (Å²) in [5.74, 6) is 0.494. The van der Waals surface area contributed by atoms with E-state index in [0.717, 1.165) is 11.1 Å². The van der Waals surface area contributed by atoms with Gasteiger partial charge in [-0.15, -0.1) is 0 Å². The van der Waals surface area contributed by atoms with Crippen molar-refractivity contribution in [3.05, 3.63) is 36.0 Å². The lowest BCUT2D eigenvalue weighted by Crippen LogP contribution is -2.08. The van der Waals surface area contributed by atoms with E-state index >= 15 is 0 Å². The van der Waals surface area contributed by atoms with Crippen LogP contribution in [-0.4, -0.2) is 10.2 Å². The van der Waals surface area contributed by atoms with Gasteiger partial charge in [0, 0.05) is 5.56 Å². The highest BCUT2D eigenvalue weighted by Crippen LogP contribution is 2.30. The van der Waals surface area contributed by atoms with Crippen molar-refractivity contribution < 1.29 is 4.39 Å². The lowest BCUT2D eigenvalue weighted by Gasteiger charge is -2.15. The van der Waals surface area contributed by atoms with Crippen LogP contribution in [0, 0.1) is 0 Å². The van der Waals surface area contributed by atoms with Gasteiger partial charge in [-0.05, 0) is 31.0 Å². The van der Waals surface area contributed by atoms with Crippen LogP contribution in [0.2, 0.25) is 0 Å². The molecule has 4 heteroatoms. The maximum absolute atomic E-state index is 13.8. The summed E-state index contributed by atoms with van der Waals surface area (Å²) in [4.78, 5) is 0. The highest BCUT2D eigenvalue weighted by atomic mass is 19.1. The molecule has 0 atom stereocenters. The number of nitrogens with two attached hydrogens (primary N) is 1. The molecule has 0 amide bonds. The van der Waals surface area contributed by atoms with Gasteiger partial charge in [-0.3, -0.25) is 5.10 Å². The van der Waals surface area contributed by atoms with Crippen LogP contribution < -0.4 is 5.73 Å². The van der Waals surface area contributed by atoms with Gasteiger partial charge in [-0.1, -0.05) is 18.2 Å². The van der Waals surface area contributed by atoms with E-state index in [0.29, 0.717) is 11.4 Å². The first-order chi connectivity index (χ1) is 7.48. The minimum Gasteiger partial charge on any atom is -0.384 e. The van der Waals surface area contributed by atoms with Crippen molar-refractivity contribution in [3.63, 3.8) is 0 Å². The number of aromatic nitrogens is 2. The third-order valence-corrected chi connectivity index (χ3v) is 2.53. The van der Waals surface area contributed by atoms with E-state index < -0.39 is 5.67 Å². The van der Waals surface area contributed by atoms with E-state index in [2.05, 4.69) is 10.2 Å². The molecule has 1 aromatic heterocycles. The molecule has 2 rings (SSSR count). The first-order valence-corrected chi connectivity index (χ1v) is 5.07. The molecule has 84 valence electrons. The van der Waals surface area contributed by atoms with Crippen LogP contribution in [0.15, 0.2) is 30.5 Å². The third kappa shape index (κ3) is 1.91. The van der Waals surface area contributed by atoms with Gasteiger partial charge in [0.2, 0.25) is 0 Å². The van der Waals surface area contributed by atoms with E-state index in [4.69, 9.17) is 5.73 Å². The number of hydrogen-bond acceptors (Lipinski definition) is 2. The molecule has 0 spiro atoms. The standard InChI is InChI=1S/C12H14FN3/c1-12(2,13)9-5-3-4-8(6-9)10-7-15-16-11(10)14/h3-7H,1-2H3,(H3,14,15,16). The van der Waals surface area contributed by atoms with Crippen molar-refractivity contribution in [2.75, 3.05) is 5.73 Å². The number of aromatic amines is 1. The Hall–Kier alpha value is -1.84. The molecule has 0 bridgehead atoms. The molecule has 16 heavy (non-hydrogen) atoms. The zero-order chi connectivity index (χ0) is 11.8. The summed E-state index contributed by atoms with van der Waals surface area (Å²) in [5.41, 5.74) is 6.66. The number of anilines is 1. The van der Waals surface area contributed by atoms with Gasteiger partial charge in [0.25, 0.3) is 0 Å². The fourth-order valence-corrected chi connectivity index (χ4v) is 1.58. The predicted octanol–water partition coefficient (Wildman–Crippen LogP) is 2.86. The average molecular weight is 219 g/mol. The smallest absolute Gasteiger partial charge is 0.130 e. The Kier molecular flexibility index (Phi) is 2.42. The van der Waals surface area contributed by atoms with E-state index in [1.807, 2.05) is 12.1 Å². The number of nitrogen functional groups attached to an aromatic ring is 1. The molecular weight excluding hydrogens is 205 g/mol. The van der Waals surface area contributed by atoms with Gasteiger partial charge < -0.3 is 5.73 Å². The highest BCUT2D eigenvalue weighted by molar-refractivity contribution is 5.73. The number of rotatable bonds is 2. The van der Waals surface area contributed by atoms with Crippen LogP contribution in [0.25, 0.3) is 11.1 Å². The van der Waals surface area contributed by atoms with E-state index in [1.165, 1.54) is 13.8 Å². The summed E-state index contributed by atoms with van der Waals surface area (Å²) >= 11 is 0. The minimum absolute atomic E-state index is 0.494. The first-order valence-electron chi connectivity index (χ1n) is 5.07. The van der Waals surface area contributed by atoms with Crippen LogP contribution in [0.3, 0.4) is 0 Å². The second kappa shape index (κ2) is 3.63. The maximum Gasteiger partial charge on any atom is 0.130 e. The van der Waals surface area contributed by atoms with Crippen molar-refractivity contribution in [2.24, 2.45) is 0 Å². The summed E-state index contributed by atoms with van der Waals surface area (Å²) in [6, 6.07) is 7.26. The average Bonchev–Trinajstić information content (AvgIpc) is 2.63. The maximum atomic E-state index is 13.8. The molecule has 0 aliphatic rings. The molecule has 0 fully saturated rings. The monoisotopic (exact) mass is 219 g/mol. The fraction of sp³-hybridized carbons (Fsp3) is 0.250. The lowest BCUT2D eigenvalue weighted by molar-refractivity contribution is 0.221. The van der Waals surface area contributed by atoms with Crippen LogP contribution in [0.4, 0.5) is 10.2 Å². The molecule has 0 aliphatic heterocycles. The summed E-state index contributed by atoms with van der Waals surface area (Å²) in [6.45, 7) is 3.07. The Labute approximate surface area is 93.5 Å². The fourth-order valence-electron chi connectivity index (χ4n) is 1.58. The number of alkyl halides is 1. The van der Waals surface area contributed by atoms with Crippen LogP contribution in [0.1, 0.15) is 19.4 Å². The molecule has 0 aliphatic carbocycles. The normalized spacial score (nSPS) is 11.7. The Morgan fingerprint density at radius 3 is 2.69 bits per heavy atom. The molecule has 2 aromatic rings. The third-order valence-electron chi connectivity index (χ3n) is 2.53. The number of nitrogens with zero attached hydrogens (tertiary/aromatic N) is 1. The molecule has 1 aromatic carbocycles. The number of halogens is 1. The van der Waals surface area contributed by atoms with Crippen molar-refractivity contribution in [2.45, 2.75) is 19.5 Å². The van der Waals surface area contributed by atoms with E-state index in [1.54, 1.807) is 18.3 Å². The highest BCUT2D eigenvalue weighted by Gasteiger charge is 2.19. The Morgan fingerprint density at radius 1 is 1.38 bits per heavy atom. The summed E-state index contributed by atoms with van der Waals surface area (Å²) in [7, 11) is 0. The van der Waals surface area contributed by atoms with Gasteiger partial charge >= 0.3 is 0 Å².